The first kappa shape index (κ1) is 20.7. The molecule has 1 aromatic carbocycles. The van der Waals surface area contributed by atoms with E-state index in [0.29, 0.717) is 18.7 Å². The summed E-state index contributed by atoms with van der Waals surface area (Å²) in [5.41, 5.74) is 2.69. The number of ether oxygens (including phenoxy) is 1. The van der Waals surface area contributed by atoms with Gasteiger partial charge in [0.2, 0.25) is 0 Å². The Morgan fingerprint density at radius 3 is 3.03 bits per heavy atom. The highest BCUT2D eigenvalue weighted by Gasteiger charge is 2.42. The number of amides is 1. The molecule has 0 radical (unpaired) electrons. The van der Waals surface area contributed by atoms with Crippen molar-refractivity contribution in [3.8, 4) is 5.75 Å². The van der Waals surface area contributed by atoms with Crippen LogP contribution in [0.3, 0.4) is 0 Å². The number of rotatable bonds is 2. The van der Waals surface area contributed by atoms with E-state index in [4.69, 9.17) is 4.74 Å². The van der Waals surface area contributed by atoms with Crippen molar-refractivity contribution in [2.75, 3.05) is 13.1 Å². The first-order chi connectivity index (χ1) is 14.8. The number of alkyl halides is 1. The molecule has 1 fully saturated rings. The highest BCUT2D eigenvalue weighted by atomic mass is 31.0. The number of piperidine rings is 1. The van der Waals surface area contributed by atoms with E-state index < -0.39 is 11.5 Å². The maximum Gasteiger partial charge on any atom is 0.263 e. The predicted molar refractivity (Wildman–Crippen MR) is 122 cm³/mol. The van der Waals surface area contributed by atoms with Gasteiger partial charge in [-0.05, 0) is 55.3 Å². The van der Waals surface area contributed by atoms with Gasteiger partial charge in [-0.25, -0.2) is 13.9 Å². The van der Waals surface area contributed by atoms with Crippen LogP contribution >= 0.6 is 18.5 Å². The highest BCUT2D eigenvalue weighted by molar-refractivity contribution is 7.27. The SMILES string of the molecule is Cc1cc(C2CN(C(=O)C3CCc4cc(P)ccc4O3)CC(F)(P)C2)n2ncnc2n1. The fourth-order valence-corrected chi connectivity index (χ4v) is 5.39. The van der Waals surface area contributed by atoms with Crippen molar-refractivity contribution in [1.82, 2.24) is 24.5 Å². The molecule has 5 atom stereocenters. The van der Waals surface area contributed by atoms with E-state index in [-0.39, 0.29) is 24.8 Å². The summed E-state index contributed by atoms with van der Waals surface area (Å²) >= 11 is 0. The molecule has 5 unspecified atom stereocenters. The average molecular weight is 459 g/mol. The number of aromatic nitrogens is 4. The lowest BCUT2D eigenvalue weighted by Crippen LogP contribution is -2.53. The van der Waals surface area contributed by atoms with E-state index in [0.717, 1.165) is 34.4 Å². The summed E-state index contributed by atoms with van der Waals surface area (Å²) in [7, 11) is 4.96. The topological polar surface area (TPSA) is 72.6 Å². The number of hydrogen-bond donors (Lipinski definition) is 0. The summed E-state index contributed by atoms with van der Waals surface area (Å²) < 4.78 is 23.0. The zero-order chi connectivity index (χ0) is 21.8. The maximum atomic E-state index is 15.4. The van der Waals surface area contributed by atoms with Gasteiger partial charge in [-0.15, -0.1) is 9.24 Å². The molecular formula is C21H24FN5O2P2. The molecule has 0 aliphatic carbocycles. The second-order valence-corrected chi connectivity index (χ2v) is 10.2. The largest absolute Gasteiger partial charge is 0.480 e. The van der Waals surface area contributed by atoms with Gasteiger partial charge in [0.1, 0.15) is 17.5 Å². The predicted octanol–water partition coefficient (Wildman–Crippen LogP) is 2.18. The minimum Gasteiger partial charge on any atom is -0.480 e. The number of fused-ring (bicyclic) bond motifs is 2. The standard InChI is InChI=1S/C21H24FN5O2P2/c1-12-6-16(27-20(25-12)23-11-24-27)14-8-21(22,31)10-26(9-14)19(28)18-4-2-13-7-15(30)3-5-17(13)29-18/h3,5-7,11,14,18H,2,4,8-10,30-31H2,1H3. The molecular weight excluding hydrogens is 435 g/mol. The third kappa shape index (κ3) is 4.04. The van der Waals surface area contributed by atoms with Crippen molar-refractivity contribution in [2.45, 2.75) is 43.6 Å². The van der Waals surface area contributed by atoms with Crippen molar-refractivity contribution in [2.24, 2.45) is 0 Å². The Hall–Kier alpha value is -2.17. The molecule has 10 heteroatoms. The maximum absolute atomic E-state index is 15.4. The van der Waals surface area contributed by atoms with E-state index >= 15 is 4.39 Å². The molecule has 7 nitrogen and oxygen atoms in total. The number of halogens is 1. The molecule has 0 N–H and O–H groups in total. The van der Waals surface area contributed by atoms with E-state index in [1.165, 1.54) is 6.33 Å². The molecule has 2 aromatic heterocycles. The third-order valence-electron chi connectivity index (χ3n) is 5.92. The smallest absolute Gasteiger partial charge is 0.263 e. The molecule has 5 rings (SSSR count). The summed E-state index contributed by atoms with van der Waals surface area (Å²) in [6, 6.07) is 7.79. The second kappa shape index (κ2) is 7.75. The summed E-state index contributed by atoms with van der Waals surface area (Å²) in [5, 5.41) is 3.75. The molecule has 1 saturated heterocycles. The quantitative estimate of drug-likeness (QED) is 0.550. The summed E-state index contributed by atoms with van der Waals surface area (Å²) in [6.07, 6.45) is 2.45. The molecule has 2 aliphatic heterocycles. The zero-order valence-electron chi connectivity index (χ0n) is 17.2. The summed E-state index contributed by atoms with van der Waals surface area (Å²) in [4.78, 5) is 23.5. The Morgan fingerprint density at radius 2 is 2.19 bits per heavy atom. The van der Waals surface area contributed by atoms with Crippen molar-refractivity contribution < 1.29 is 13.9 Å². The van der Waals surface area contributed by atoms with Gasteiger partial charge >= 0.3 is 0 Å². The van der Waals surface area contributed by atoms with Crippen LogP contribution in [-0.2, 0) is 11.2 Å². The average Bonchev–Trinajstić information content (AvgIpc) is 3.19. The Bertz CT molecular complexity index is 1170. The van der Waals surface area contributed by atoms with Crippen molar-refractivity contribution >= 4 is 35.5 Å². The van der Waals surface area contributed by atoms with Crippen LogP contribution in [0.15, 0.2) is 30.6 Å². The number of carbonyl (C=O) groups is 1. The summed E-state index contributed by atoms with van der Waals surface area (Å²) in [5.74, 6) is 0.806. The minimum absolute atomic E-state index is 0.0226. The Morgan fingerprint density at radius 1 is 1.35 bits per heavy atom. The van der Waals surface area contributed by atoms with Gasteiger partial charge in [-0.1, -0.05) is 15.3 Å². The number of likely N-dealkylation sites (tertiary alicyclic amines) is 1. The third-order valence-corrected chi connectivity index (χ3v) is 6.70. The number of nitrogens with zero attached hydrogens (tertiary/aromatic N) is 5. The van der Waals surface area contributed by atoms with Crippen LogP contribution in [-0.4, -0.2) is 55.0 Å². The van der Waals surface area contributed by atoms with Crippen molar-refractivity contribution in [1.29, 1.82) is 0 Å². The molecule has 3 aromatic rings. The monoisotopic (exact) mass is 459 g/mol. The second-order valence-electron chi connectivity index (χ2n) is 8.46. The molecule has 0 saturated carbocycles. The minimum atomic E-state index is -1.59. The molecule has 31 heavy (non-hydrogen) atoms. The van der Waals surface area contributed by atoms with Crippen LogP contribution in [0.25, 0.3) is 5.78 Å². The van der Waals surface area contributed by atoms with Crippen molar-refractivity contribution in [3.05, 3.63) is 47.5 Å². The molecule has 4 heterocycles. The number of hydrogen-bond acceptors (Lipinski definition) is 5. The highest BCUT2D eigenvalue weighted by Crippen LogP contribution is 2.40. The fourth-order valence-electron chi connectivity index (χ4n) is 4.59. The molecule has 0 bridgehead atoms. The van der Waals surface area contributed by atoms with Crippen LogP contribution in [0.5, 0.6) is 5.75 Å². The van der Waals surface area contributed by atoms with Gasteiger partial charge in [0.25, 0.3) is 11.7 Å². The number of aryl methyl sites for hydroxylation is 2. The van der Waals surface area contributed by atoms with Crippen molar-refractivity contribution in [3.63, 3.8) is 0 Å². The van der Waals surface area contributed by atoms with Crippen LogP contribution in [0.2, 0.25) is 0 Å². The van der Waals surface area contributed by atoms with Crippen LogP contribution in [0.1, 0.15) is 35.7 Å². The Labute approximate surface area is 184 Å². The normalized spacial score (nSPS) is 25.9. The first-order valence-corrected chi connectivity index (χ1v) is 11.4. The fraction of sp³-hybridized carbons (Fsp3) is 0.429. The van der Waals surface area contributed by atoms with Crippen LogP contribution in [0, 0.1) is 6.92 Å². The van der Waals surface area contributed by atoms with Gasteiger partial charge in [0.05, 0.1) is 12.2 Å². The van der Waals surface area contributed by atoms with E-state index in [1.807, 2.05) is 25.1 Å². The van der Waals surface area contributed by atoms with Gasteiger partial charge in [-0.2, -0.15) is 10.1 Å². The van der Waals surface area contributed by atoms with E-state index in [1.54, 1.807) is 9.42 Å². The molecule has 162 valence electrons. The zero-order valence-corrected chi connectivity index (χ0v) is 19.5. The van der Waals surface area contributed by atoms with E-state index in [2.05, 4.69) is 39.6 Å². The van der Waals surface area contributed by atoms with Gasteiger partial charge in [0.15, 0.2) is 6.10 Å². The van der Waals surface area contributed by atoms with Gasteiger partial charge in [-0.3, -0.25) is 4.79 Å². The lowest BCUT2D eigenvalue weighted by molar-refractivity contribution is -0.142. The molecule has 1 amide bonds. The molecule has 2 aliphatic rings. The molecule has 0 spiro atoms. The first-order valence-electron chi connectivity index (χ1n) is 10.3. The van der Waals surface area contributed by atoms with Crippen LogP contribution in [0.4, 0.5) is 4.39 Å². The summed E-state index contributed by atoms with van der Waals surface area (Å²) in [6.45, 7) is 2.30. The Balaban J connectivity index is 1.41. The lowest BCUT2D eigenvalue weighted by atomic mass is 9.91. The number of carbonyl (C=O) groups excluding carboxylic acids is 1. The Kier molecular flexibility index (Phi) is 5.18. The van der Waals surface area contributed by atoms with Gasteiger partial charge < -0.3 is 9.64 Å². The number of benzene rings is 1. The van der Waals surface area contributed by atoms with Crippen LogP contribution < -0.4 is 10.0 Å². The van der Waals surface area contributed by atoms with E-state index in [9.17, 15) is 4.79 Å². The van der Waals surface area contributed by atoms with Gasteiger partial charge in [0, 0.05) is 18.2 Å². The lowest BCUT2D eigenvalue weighted by Gasteiger charge is -2.41.